The lowest BCUT2D eigenvalue weighted by Crippen LogP contribution is -2.03. The van der Waals surface area contributed by atoms with Crippen LogP contribution in [0.3, 0.4) is 0 Å². The van der Waals surface area contributed by atoms with Gasteiger partial charge in [-0.1, -0.05) is 18.3 Å². The third-order valence-electron chi connectivity index (χ3n) is 1.90. The van der Waals surface area contributed by atoms with Crippen LogP contribution in [0.25, 0.3) is 0 Å². The molecular formula is C11H20N2O2S. The van der Waals surface area contributed by atoms with E-state index in [2.05, 4.69) is 17.2 Å². The Morgan fingerprint density at radius 3 is 2.88 bits per heavy atom. The molecule has 16 heavy (non-hydrogen) atoms. The van der Waals surface area contributed by atoms with Crippen molar-refractivity contribution in [1.29, 1.82) is 0 Å². The quantitative estimate of drug-likeness (QED) is 0.678. The van der Waals surface area contributed by atoms with Crippen molar-refractivity contribution in [3.8, 4) is 0 Å². The van der Waals surface area contributed by atoms with Gasteiger partial charge in [0.2, 0.25) is 0 Å². The molecular weight excluding hydrogens is 224 g/mol. The number of thiazole rings is 1. The van der Waals surface area contributed by atoms with Gasteiger partial charge in [0.25, 0.3) is 0 Å². The second-order valence-corrected chi connectivity index (χ2v) is 4.42. The van der Waals surface area contributed by atoms with Gasteiger partial charge in [-0.2, -0.15) is 0 Å². The van der Waals surface area contributed by atoms with Crippen LogP contribution in [0.4, 0.5) is 5.13 Å². The zero-order valence-corrected chi connectivity index (χ0v) is 10.8. The number of nitrogens with zero attached hydrogens (tertiary/aromatic N) is 1. The zero-order chi connectivity index (χ0) is 11.6. The van der Waals surface area contributed by atoms with Gasteiger partial charge in [0, 0.05) is 19.3 Å². The molecule has 0 aromatic carbocycles. The molecule has 0 radical (unpaired) electrons. The summed E-state index contributed by atoms with van der Waals surface area (Å²) in [7, 11) is 0. The smallest absolute Gasteiger partial charge is 0.182 e. The highest BCUT2D eigenvalue weighted by Crippen LogP contribution is 2.18. The zero-order valence-electron chi connectivity index (χ0n) is 9.99. The molecule has 0 unspecified atom stereocenters. The van der Waals surface area contributed by atoms with Gasteiger partial charge in [0.1, 0.15) is 0 Å². The molecule has 1 rings (SSSR count). The highest BCUT2D eigenvalue weighted by Gasteiger charge is 2.00. The first-order chi connectivity index (χ1) is 7.86. The fourth-order valence-corrected chi connectivity index (χ4v) is 1.90. The number of hydrogen-bond acceptors (Lipinski definition) is 5. The van der Waals surface area contributed by atoms with E-state index in [0.29, 0.717) is 19.8 Å². The molecule has 0 saturated carbocycles. The van der Waals surface area contributed by atoms with E-state index in [-0.39, 0.29) is 0 Å². The van der Waals surface area contributed by atoms with E-state index in [0.717, 1.165) is 29.6 Å². The van der Waals surface area contributed by atoms with Crippen molar-refractivity contribution in [3.05, 3.63) is 11.1 Å². The van der Waals surface area contributed by atoms with E-state index in [1.54, 1.807) is 11.3 Å². The molecule has 92 valence electrons. The maximum Gasteiger partial charge on any atom is 0.182 e. The van der Waals surface area contributed by atoms with Crippen molar-refractivity contribution < 1.29 is 9.47 Å². The number of nitrogens with one attached hydrogen (secondary N) is 1. The molecule has 0 aliphatic carbocycles. The van der Waals surface area contributed by atoms with E-state index in [1.807, 2.05) is 13.1 Å². The Morgan fingerprint density at radius 2 is 2.12 bits per heavy atom. The van der Waals surface area contributed by atoms with Gasteiger partial charge < -0.3 is 14.8 Å². The average molecular weight is 244 g/mol. The standard InChI is InChI=1S/C11H20N2O2S/c1-3-5-12-11-13-8-10(16-11)9-15-7-6-14-4-2/h8H,3-7,9H2,1-2H3,(H,12,13). The molecule has 0 amide bonds. The second kappa shape index (κ2) is 8.50. The minimum Gasteiger partial charge on any atom is -0.379 e. The summed E-state index contributed by atoms with van der Waals surface area (Å²) < 4.78 is 10.6. The summed E-state index contributed by atoms with van der Waals surface area (Å²) in [5, 5.41) is 4.23. The van der Waals surface area contributed by atoms with Gasteiger partial charge in [-0.15, -0.1) is 0 Å². The Bertz CT molecular complexity index is 279. The van der Waals surface area contributed by atoms with E-state index < -0.39 is 0 Å². The average Bonchev–Trinajstić information content (AvgIpc) is 2.74. The highest BCUT2D eigenvalue weighted by atomic mass is 32.1. The summed E-state index contributed by atoms with van der Waals surface area (Å²) in [5.74, 6) is 0. The van der Waals surface area contributed by atoms with Crippen molar-refractivity contribution >= 4 is 16.5 Å². The number of aromatic nitrogens is 1. The van der Waals surface area contributed by atoms with Crippen LogP contribution in [0.5, 0.6) is 0 Å². The molecule has 1 heterocycles. The Kier molecular flexibility index (Phi) is 7.12. The van der Waals surface area contributed by atoms with Crippen molar-refractivity contribution in [2.75, 3.05) is 31.7 Å². The van der Waals surface area contributed by atoms with Crippen molar-refractivity contribution in [2.45, 2.75) is 26.9 Å². The minimum absolute atomic E-state index is 0.624. The molecule has 0 atom stereocenters. The van der Waals surface area contributed by atoms with E-state index in [1.165, 1.54) is 0 Å². The van der Waals surface area contributed by atoms with Gasteiger partial charge >= 0.3 is 0 Å². The summed E-state index contributed by atoms with van der Waals surface area (Å²) in [6, 6.07) is 0. The molecule has 0 saturated heterocycles. The highest BCUT2D eigenvalue weighted by molar-refractivity contribution is 7.15. The summed E-state index contributed by atoms with van der Waals surface area (Å²) in [6.45, 7) is 7.76. The Balaban J connectivity index is 2.14. The lowest BCUT2D eigenvalue weighted by molar-refractivity contribution is 0.0462. The first kappa shape index (κ1) is 13.4. The van der Waals surface area contributed by atoms with Crippen LogP contribution < -0.4 is 5.32 Å². The fraction of sp³-hybridized carbons (Fsp3) is 0.727. The van der Waals surface area contributed by atoms with Crippen LogP contribution in [-0.2, 0) is 16.1 Å². The first-order valence-electron chi connectivity index (χ1n) is 5.70. The molecule has 1 aromatic heterocycles. The summed E-state index contributed by atoms with van der Waals surface area (Å²) in [6.07, 6.45) is 2.98. The third-order valence-corrected chi connectivity index (χ3v) is 2.83. The van der Waals surface area contributed by atoms with Crippen molar-refractivity contribution in [3.63, 3.8) is 0 Å². The predicted molar refractivity (Wildman–Crippen MR) is 67.0 cm³/mol. The fourth-order valence-electron chi connectivity index (χ4n) is 1.12. The summed E-state index contributed by atoms with van der Waals surface area (Å²) in [5.41, 5.74) is 0. The summed E-state index contributed by atoms with van der Waals surface area (Å²) in [4.78, 5) is 5.41. The van der Waals surface area contributed by atoms with Crippen LogP contribution in [0.15, 0.2) is 6.20 Å². The van der Waals surface area contributed by atoms with Crippen LogP contribution in [0.1, 0.15) is 25.1 Å². The maximum atomic E-state index is 5.46. The van der Waals surface area contributed by atoms with Gasteiger partial charge in [-0.3, -0.25) is 0 Å². The second-order valence-electron chi connectivity index (χ2n) is 3.31. The van der Waals surface area contributed by atoms with E-state index in [9.17, 15) is 0 Å². The normalized spacial score (nSPS) is 10.6. The van der Waals surface area contributed by atoms with Crippen LogP contribution in [0.2, 0.25) is 0 Å². The first-order valence-corrected chi connectivity index (χ1v) is 6.52. The molecule has 0 spiro atoms. The molecule has 0 aliphatic rings. The van der Waals surface area contributed by atoms with Crippen LogP contribution in [-0.4, -0.2) is 31.3 Å². The van der Waals surface area contributed by atoms with Gasteiger partial charge in [-0.05, 0) is 13.3 Å². The Labute approximate surface area is 101 Å². The van der Waals surface area contributed by atoms with Gasteiger partial charge in [0.05, 0.1) is 24.7 Å². The Hall–Kier alpha value is -0.650. The number of rotatable bonds is 9. The predicted octanol–water partition coefficient (Wildman–Crippen LogP) is 2.52. The molecule has 0 aliphatic heterocycles. The minimum atomic E-state index is 0.624. The number of anilines is 1. The van der Waals surface area contributed by atoms with Crippen LogP contribution >= 0.6 is 11.3 Å². The maximum absolute atomic E-state index is 5.46. The third kappa shape index (κ3) is 5.44. The monoisotopic (exact) mass is 244 g/mol. The molecule has 0 fully saturated rings. The van der Waals surface area contributed by atoms with Crippen molar-refractivity contribution in [1.82, 2.24) is 4.98 Å². The SMILES string of the molecule is CCCNc1ncc(COCCOCC)s1. The largest absolute Gasteiger partial charge is 0.379 e. The van der Waals surface area contributed by atoms with Gasteiger partial charge in [0.15, 0.2) is 5.13 Å². The van der Waals surface area contributed by atoms with Crippen LogP contribution in [0, 0.1) is 0 Å². The Morgan fingerprint density at radius 1 is 1.31 bits per heavy atom. The lowest BCUT2D eigenvalue weighted by Gasteiger charge is -2.01. The van der Waals surface area contributed by atoms with Gasteiger partial charge in [-0.25, -0.2) is 4.98 Å². The topological polar surface area (TPSA) is 43.4 Å². The molecule has 0 bridgehead atoms. The van der Waals surface area contributed by atoms with Crippen molar-refractivity contribution in [2.24, 2.45) is 0 Å². The molecule has 5 heteroatoms. The molecule has 4 nitrogen and oxygen atoms in total. The van der Waals surface area contributed by atoms with E-state index in [4.69, 9.17) is 9.47 Å². The van der Waals surface area contributed by atoms with E-state index >= 15 is 0 Å². The lowest BCUT2D eigenvalue weighted by atomic mass is 10.5. The number of ether oxygens (including phenoxy) is 2. The number of hydrogen-bond donors (Lipinski definition) is 1. The molecule has 1 N–H and O–H groups in total. The summed E-state index contributed by atoms with van der Waals surface area (Å²) >= 11 is 1.65. The molecule has 1 aromatic rings.